The number of aryl methyl sites for hydroxylation is 1. The number of thiophene rings is 1. The molecule has 35 heavy (non-hydrogen) atoms. The molecule has 1 aliphatic carbocycles. The van der Waals surface area contributed by atoms with E-state index in [0.717, 1.165) is 29.7 Å². The van der Waals surface area contributed by atoms with E-state index < -0.39 is 5.97 Å². The lowest BCUT2D eigenvalue weighted by Gasteiger charge is -2.12. The van der Waals surface area contributed by atoms with Crippen molar-refractivity contribution in [2.45, 2.75) is 37.9 Å². The average molecular weight is 510 g/mol. The van der Waals surface area contributed by atoms with Crippen LogP contribution in [0.2, 0.25) is 0 Å². The normalized spacial score (nSPS) is 12.6. The molecule has 0 radical (unpaired) electrons. The van der Waals surface area contributed by atoms with Gasteiger partial charge in [-0.2, -0.15) is 0 Å². The predicted molar refractivity (Wildman–Crippen MR) is 135 cm³/mol. The molecule has 1 amide bonds. The van der Waals surface area contributed by atoms with Crippen molar-refractivity contribution < 1.29 is 18.7 Å². The summed E-state index contributed by atoms with van der Waals surface area (Å²) in [5.74, 6) is -0.0539. The van der Waals surface area contributed by atoms with Crippen LogP contribution in [0.1, 0.15) is 39.9 Å². The lowest BCUT2D eigenvalue weighted by molar-refractivity contribution is -0.113. The van der Waals surface area contributed by atoms with Crippen molar-refractivity contribution in [3.8, 4) is 0 Å². The van der Waals surface area contributed by atoms with Crippen LogP contribution in [0.25, 0.3) is 10.9 Å². The number of esters is 1. The fourth-order valence-electron chi connectivity index (χ4n) is 4.16. The molecule has 0 fully saturated rings. The summed E-state index contributed by atoms with van der Waals surface area (Å²) in [5, 5.41) is 4.33. The van der Waals surface area contributed by atoms with Crippen LogP contribution in [-0.2, 0) is 28.9 Å². The topological polar surface area (TPSA) is 103 Å². The highest BCUT2D eigenvalue weighted by Gasteiger charge is 2.28. The first kappa shape index (κ1) is 23.4. The number of fused-ring (bicyclic) bond motifs is 2. The molecule has 1 aliphatic rings. The first-order valence-electron chi connectivity index (χ1n) is 11.3. The van der Waals surface area contributed by atoms with Crippen LogP contribution in [0.15, 0.2) is 57.0 Å². The van der Waals surface area contributed by atoms with Crippen LogP contribution in [0.3, 0.4) is 0 Å². The molecule has 1 aromatic carbocycles. The van der Waals surface area contributed by atoms with Crippen molar-refractivity contribution in [2.24, 2.45) is 0 Å². The standard InChI is InChI=1S/C25H23N3O5S2/c1-2-32-24(31)21-17-9-5-11-19(17)35-22(21)27-20(29)14-34-25-26-18-10-4-3-8-16(18)23(30)28(25)13-15-7-6-12-33-15/h3-4,6-8,10,12H,2,5,9,11,13-14H2,1H3,(H,27,29). The predicted octanol–water partition coefficient (Wildman–Crippen LogP) is 4.50. The van der Waals surface area contributed by atoms with Crippen LogP contribution in [0.4, 0.5) is 5.00 Å². The molecule has 0 saturated heterocycles. The van der Waals surface area contributed by atoms with Gasteiger partial charge in [-0.15, -0.1) is 11.3 Å². The third kappa shape index (κ3) is 4.76. The van der Waals surface area contributed by atoms with E-state index >= 15 is 0 Å². The Morgan fingerprint density at radius 3 is 2.89 bits per heavy atom. The number of hydrogen-bond acceptors (Lipinski definition) is 8. The summed E-state index contributed by atoms with van der Waals surface area (Å²) in [5.41, 5.74) is 1.82. The van der Waals surface area contributed by atoms with Gasteiger partial charge in [0, 0.05) is 4.88 Å². The van der Waals surface area contributed by atoms with Crippen molar-refractivity contribution in [1.82, 2.24) is 9.55 Å². The molecule has 8 nitrogen and oxygen atoms in total. The van der Waals surface area contributed by atoms with E-state index in [1.807, 2.05) is 6.07 Å². The fourth-order valence-corrected chi connectivity index (χ4v) is 6.25. The van der Waals surface area contributed by atoms with Crippen molar-refractivity contribution >= 4 is 50.9 Å². The van der Waals surface area contributed by atoms with Gasteiger partial charge in [0.1, 0.15) is 10.8 Å². The summed E-state index contributed by atoms with van der Waals surface area (Å²) in [6.45, 7) is 2.24. The largest absolute Gasteiger partial charge is 0.467 e. The second kappa shape index (κ2) is 10.1. The van der Waals surface area contributed by atoms with Gasteiger partial charge in [-0.3, -0.25) is 14.2 Å². The minimum atomic E-state index is -0.404. The Hall–Kier alpha value is -3.37. The van der Waals surface area contributed by atoms with Gasteiger partial charge >= 0.3 is 5.97 Å². The Morgan fingerprint density at radius 2 is 2.09 bits per heavy atom. The number of ether oxygens (including phenoxy) is 1. The highest BCUT2D eigenvalue weighted by molar-refractivity contribution is 7.99. The van der Waals surface area contributed by atoms with E-state index in [4.69, 9.17) is 9.15 Å². The van der Waals surface area contributed by atoms with Gasteiger partial charge in [-0.1, -0.05) is 23.9 Å². The van der Waals surface area contributed by atoms with Gasteiger partial charge in [-0.25, -0.2) is 9.78 Å². The number of amides is 1. The maximum absolute atomic E-state index is 13.2. The average Bonchev–Trinajstić information content (AvgIpc) is 3.58. The molecule has 0 unspecified atom stereocenters. The third-order valence-electron chi connectivity index (χ3n) is 5.71. The Balaban J connectivity index is 1.39. The number of aromatic nitrogens is 2. The third-order valence-corrected chi connectivity index (χ3v) is 7.89. The van der Waals surface area contributed by atoms with E-state index in [0.29, 0.717) is 32.4 Å². The number of thioether (sulfide) groups is 1. The molecular weight excluding hydrogens is 486 g/mol. The smallest absolute Gasteiger partial charge is 0.341 e. The summed E-state index contributed by atoms with van der Waals surface area (Å²) < 4.78 is 12.2. The lowest BCUT2D eigenvalue weighted by atomic mass is 10.1. The van der Waals surface area contributed by atoms with E-state index in [1.165, 1.54) is 27.7 Å². The Bertz CT molecular complexity index is 1460. The van der Waals surface area contributed by atoms with E-state index in [2.05, 4.69) is 10.3 Å². The molecule has 10 heteroatoms. The molecule has 5 rings (SSSR count). The van der Waals surface area contributed by atoms with Crippen molar-refractivity contribution in [3.63, 3.8) is 0 Å². The number of para-hydroxylation sites is 1. The minimum absolute atomic E-state index is 0.0216. The highest BCUT2D eigenvalue weighted by atomic mass is 32.2. The second-order valence-electron chi connectivity index (χ2n) is 8.00. The van der Waals surface area contributed by atoms with Crippen molar-refractivity contribution in [2.75, 3.05) is 17.7 Å². The number of nitrogens with zero attached hydrogens (tertiary/aromatic N) is 2. The number of nitrogens with one attached hydrogen (secondary N) is 1. The Labute approximate surface area is 209 Å². The summed E-state index contributed by atoms with van der Waals surface area (Å²) >= 11 is 2.60. The minimum Gasteiger partial charge on any atom is -0.467 e. The molecule has 0 atom stereocenters. The maximum atomic E-state index is 13.2. The molecule has 0 saturated carbocycles. The van der Waals surface area contributed by atoms with Gasteiger partial charge in [0.05, 0.1) is 41.6 Å². The lowest BCUT2D eigenvalue weighted by Crippen LogP contribution is -2.24. The van der Waals surface area contributed by atoms with Gasteiger partial charge in [0.25, 0.3) is 5.56 Å². The van der Waals surface area contributed by atoms with Crippen LogP contribution in [0, 0.1) is 0 Å². The van der Waals surface area contributed by atoms with Crippen molar-refractivity contribution in [3.05, 3.63) is 74.8 Å². The van der Waals surface area contributed by atoms with Gasteiger partial charge in [0.2, 0.25) is 5.91 Å². The number of carbonyl (C=O) groups is 2. The van der Waals surface area contributed by atoms with Crippen LogP contribution >= 0.6 is 23.1 Å². The molecule has 3 heterocycles. The number of benzene rings is 1. The first-order valence-corrected chi connectivity index (χ1v) is 13.1. The van der Waals surface area contributed by atoms with E-state index in [9.17, 15) is 14.4 Å². The highest BCUT2D eigenvalue weighted by Crippen LogP contribution is 2.39. The zero-order chi connectivity index (χ0) is 24.4. The number of anilines is 1. The molecule has 4 aromatic rings. The summed E-state index contributed by atoms with van der Waals surface area (Å²) in [4.78, 5) is 44.4. The summed E-state index contributed by atoms with van der Waals surface area (Å²) in [6.07, 6.45) is 4.26. The summed E-state index contributed by atoms with van der Waals surface area (Å²) in [6, 6.07) is 10.7. The van der Waals surface area contributed by atoms with Crippen LogP contribution in [0.5, 0.6) is 0 Å². The SMILES string of the molecule is CCOC(=O)c1c(NC(=O)CSc2nc3ccccc3c(=O)n2Cc2ccco2)sc2c1CCC2. The number of carbonyl (C=O) groups excluding carboxylic acids is 2. The number of hydrogen-bond donors (Lipinski definition) is 1. The molecular formula is C25H23N3O5S2. The van der Waals surface area contributed by atoms with Gasteiger partial charge < -0.3 is 14.5 Å². The number of furan rings is 1. The quantitative estimate of drug-likeness (QED) is 0.212. The van der Waals surface area contributed by atoms with E-state index in [1.54, 1.807) is 43.5 Å². The van der Waals surface area contributed by atoms with E-state index in [-0.39, 0.29) is 30.4 Å². The first-order chi connectivity index (χ1) is 17.0. The summed E-state index contributed by atoms with van der Waals surface area (Å²) in [7, 11) is 0. The zero-order valence-corrected chi connectivity index (χ0v) is 20.7. The fraction of sp³-hybridized carbons (Fsp3) is 0.280. The van der Waals surface area contributed by atoms with Gasteiger partial charge in [-0.05, 0) is 56.0 Å². The Morgan fingerprint density at radius 1 is 1.23 bits per heavy atom. The molecule has 0 bridgehead atoms. The monoisotopic (exact) mass is 509 g/mol. The van der Waals surface area contributed by atoms with Crippen LogP contribution in [-0.4, -0.2) is 33.8 Å². The molecule has 0 spiro atoms. The molecule has 1 N–H and O–H groups in total. The zero-order valence-electron chi connectivity index (χ0n) is 19.0. The van der Waals surface area contributed by atoms with Crippen LogP contribution < -0.4 is 10.9 Å². The van der Waals surface area contributed by atoms with Gasteiger partial charge in [0.15, 0.2) is 5.16 Å². The number of rotatable bonds is 8. The molecule has 180 valence electrons. The van der Waals surface area contributed by atoms with Crippen molar-refractivity contribution in [1.29, 1.82) is 0 Å². The molecule has 0 aliphatic heterocycles. The maximum Gasteiger partial charge on any atom is 0.341 e. The second-order valence-corrected chi connectivity index (χ2v) is 10.0. The Kier molecular flexibility index (Phi) is 6.74. The molecule has 3 aromatic heterocycles.